The molecular weight excluding hydrogens is 290 g/mol. The van der Waals surface area contributed by atoms with Crippen LogP contribution in [0.1, 0.15) is 21.1 Å². The third kappa shape index (κ3) is 2.60. The summed E-state index contributed by atoms with van der Waals surface area (Å²) in [5, 5.41) is 13.1. The van der Waals surface area contributed by atoms with Gasteiger partial charge in [-0.3, -0.25) is 13.9 Å². The SMILES string of the molecule is Cc1nc(CNc2c(C#N)c(=O)n(C)c(=O)n2C)c(C)s1. The number of anilines is 1. The summed E-state index contributed by atoms with van der Waals surface area (Å²) in [6, 6.07) is 1.86. The molecule has 0 aliphatic carbocycles. The van der Waals surface area contributed by atoms with Crippen LogP contribution in [0, 0.1) is 25.2 Å². The summed E-state index contributed by atoms with van der Waals surface area (Å²) in [4.78, 5) is 29.3. The standard InChI is InChI=1S/C13H15N5O2S/c1-7-10(16-8(2)21-7)6-15-11-9(5-14)12(19)18(4)13(20)17(11)3/h15H,6H2,1-4H3. The molecule has 0 aromatic carbocycles. The van der Waals surface area contributed by atoms with Crippen molar-refractivity contribution < 1.29 is 0 Å². The van der Waals surface area contributed by atoms with E-state index in [1.54, 1.807) is 11.3 Å². The lowest BCUT2D eigenvalue weighted by molar-refractivity contribution is 0.684. The van der Waals surface area contributed by atoms with E-state index in [4.69, 9.17) is 5.26 Å². The van der Waals surface area contributed by atoms with Gasteiger partial charge in [-0.05, 0) is 13.8 Å². The fraction of sp³-hybridized carbons (Fsp3) is 0.385. The van der Waals surface area contributed by atoms with E-state index >= 15 is 0 Å². The van der Waals surface area contributed by atoms with E-state index in [-0.39, 0.29) is 11.4 Å². The highest BCUT2D eigenvalue weighted by Gasteiger charge is 2.15. The van der Waals surface area contributed by atoms with Crippen LogP contribution in [0.4, 0.5) is 5.82 Å². The maximum atomic E-state index is 11.9. The minimum absolute atomic E-state index is 0.0794. The molecule has 0 aliphatic heterocycles. The molecule has 2 aromatic rings. The number of nitriles is 1. The fourth-order valence-electron chi connectivity index (χ4n) is 2.06. The first-order valence-electron chi connectivity index (χ1n) is 6.23. The van der Waals surface area contributed by atoms with Crippen molar-refractivity contribution in [2.24, 2.45) is 14.1 Å². The van der Waals surface area contributed by atoms with Gasteiger partial charge in [-0.25, -0.2) is 9.78 Å². The Balaban J connectivity index is 2.46. The van der Waals surface area contributed by atoms with E-state index < -0.39 is 11.2 Å². The first kappa shape index (κ1) is 15.0. The number of nitrogens with zero attached hydrogens (tertiary/aromatic N) is 4. The van der Waals surface area contributed by atoms with Crippen molar-refractivity contribution in [3.63, 3.8) is 0 Å². The zero-order valence-electron chi connectivity index (χ0n) is 12.2. The number of nitrogens with one attached hydrogen (secondary N) is 1. The minimum atomic E-state index is -0.603. The van der Waals surface area contributed by atoms with Crippen molar-refractivity contribution in [3.05, 3.63) is 42.0 Å². The van der Waals surface area contributed by atoms with Crippen LogP contribution in [0.25, 0.3) is 0 Å². The molecule has 0 fully saturated rings. The summed E-state index contributed by atoms with van der Waals surface area (Å²) in [6.45, 7) is 4.22. The zero-order chi connectivity index (χ0) is 15.7. The third-order valence-corrected chi connectivity index (χ3v) is 4.13. The van der Waals surface area contributed by atoms with Gasteiger partial charge in [-0.1, -0.05) is 0 Å². The van der Waals surface area contributed by atoms with Crippen molar-refractivity contribution >= 4 is 17.2 Å². The van der Waals surface area contributed by atoms with Crippen molar-refractivity contribution in [1.29, 1.82) is 5.26 Å². The highest BCUT2D eigenvalue weighted by molar-refractivity contribution is 7.11. The number of rotatable bonds is 3. The summed E-state index contributed by atoms with van der Waals surface area (Å²) in [6.07, 6.45) is 0. The van der Waals surface area contributed by atoms with Gasteiger partial charge >= 0.3 is 5.69 Å². The second kappa shape index (κ2) is 5.54. The molecule has 0 amide bonds. The number of hydrogen-bond acceptors (Lipinski definition) is 6. The van der Waals surface area contributed by atoms with Crippen LogP contribution >= 0.6 is 11.3 Å². The van der Waals surface area contributed by atoms with E-state index in [0.717, 1.165) is 20.1 Å². The Hall–Kier alpha value is -2.40. The van der Waals surface area contributed by atoms with E-state index in [0.29, 0.717) is 6.54 Å². The molecule has 0 aliphatic rings. The lowest BCUT2D eigenvalue weighted by Crippen LogP contribution is -2.39. The Bertz CT molecular complexity index is 853. The average Bonchev–Trinajstić information content (AvgIpc) is 2.77. The molecule has 21 heavy (non-hydrogen) atoms. The molecule has 7 nitrogen and oxygen atoms in total. The van der Waals surface area contributed by atoms with Crippen molar-refractivity contribution in [1.82, 2.24) is 14.1 Å². The molecule has 8 heteroatoms. The summed E-state index contributed by atoms with van der Waals surface area (Å²) < 4.78 is 2.18. The largest absolute Gasteiger partial charge is 0.364 e. The lowest BCUT2D eigenvalue weighted by Gasteiger charge is -2.13. The molecule has 0 atom stereocenters. The smallest absolute Gasteiger partial charge is 0.332 e. The van der Waals surface area contributed by atoms with E-state index in [2.05, 4.69) is 10.3 Å². The second-order valence-electron chi connectivity index (χ2n) is 4.63. The topological polar surface area (TPSA) is 92.7 Å². The first-order valence-corrected chi connectivity index (χ1v) is 7.05. The third-order valence-electron chi connectivity index (χ3n) is 3.20. The van der Waals surface area contributed by atoms with Gasteiger partial charge in [0.2, 0.25) is 0 Å². The van der Waals surface area contributed by atoms with Gasteiger partial charge < -0.3 is 5.32 Å². The molecule has 110 valence electrons. The monoisotopic (exact) mass is 305 g/mol. The summed E-state index contributed by atoms with van der Waals surface area (Å²) in [5.74, 6) is 0.218. The fourth-order valence-corrected chi connectivity index (χ4v) is 2.89. The maximum Gasteiger partial charge on any atom is 0.332 e. The van der Waals surface area contributed by atoms with Crippen molar-refractivity contribution in [2.75, 3.05) is 5.32 Å². The summed E-state index contributed by atoms with van der Waals surface area (Å²) in [7, 11) is 2.87. The van der Waals surface area contributed by atoms with Gasteiger partial charge in [0.1, 0.15) is 11.9 Å². The maximum absolute atomic E-state index is 11.9. The molecular formula is C13H15N5O2S. The van der Waals surface area contributed by atoms with Gasteiger partial charge in [0.15, 0.2) is 5.56 Å². The Labute approximate surface area is 125 Å². The highest BCUT2D eigenvalue weighted by Crippen LogP contribution is 2.18. The van der Waals surface area contributed by atoms with Crippen molar-refractivity contribution in [3.8, 4) is 6.07 Å². The van der Waals surface area contributed by atoms with E-state index in [9.17, 15) is 9.59 Å². The van der Waals surface area contributed by atoms with Crippen LogP contribution in [0.3, 0.4) is 0 Å². The van der Waals surface area contributed by atoms with Crippen LogP contribution in [-0.2, 0) is 20.6 Å². The minimum Gasteiger partial charge on any atom is -0.364 e. The predicted octanol–water partition coefficient (Wildman–Crippen LogP) is 0.641. The molecule has 0 spiro atoms. The number of hydrogen-bond donors (Lipinski definition) is 1. The van der Waals surface area contributed by atoms with E-state index in [1.165, 1.54) is 18.7 Å². The molecule has 0 radical (unpaired) electrons. The quantitative estimate of drug-likeness (QED) is 0.898. The van der Waals surface area contributed by atoms with Crippen LogP contribution in [0.5, 0.6) is 0 Å². The zero-order valence-corrected chi connectivity index (χ0v) is 13.0. The molecule has 0 saturated heterocycles. The van der Waals surface area contributed by atoms with Gasteiger partial charge in [0, 0.05) is 19.0 Å². The second-order valence-corrected chi connectivity index (χ2v) is 6.04. The lowest BCUT2D eigenvalue weighted by atomic mass is 10.3. The van der Waals surface area contributed by atoms with Crippen molar-refractivity contribution in [2.45, 2.75) is 20.4 Å². The van der Waals surface area contributed by atoms with Crippen LogP contribution in [0.15, 0.2) is 9.59 Å². The van der Waals surface area contributed by atoms with Crippen LogP contribution in [0.2, 0.25) is 0 Å². The Morgan fingerprint density at radius 3 is 2.48 bits per heavy atom. The average molecular weight is 305 g/mol. The Morgan fingerprint density at radius 1 is 1.29 bits per heavy atom. The molecule has 0 saturated carbocycles. The Morgan fingerprint density at radius 2 is 1.95 bits per heavy atom. The first-order chi connectivity index (χ1) is 9.86. The number of aryl methyl sites for hydroxylation is 2. The number of aromatic nitrogens is 3. The predicted molar refractivity (Wildman–Crippen MR) is 80.6 cm³/mol. The van der Waals surface area contributed by atoms with Crippen LogP contribution in [-0.4, -0.2) is 14.1 Å². The highest BCUT2D eigenvalue weighted by atomic mass is 32.1. The molecule has 2 aromatic heterocycles. The van der Waals surface area contributed by atoms with Gasteiger partial charge in [0.25, 0.3) is 5.56 Å². The van der Waals surface area contributed by atoms with Gasteiger partial charge in [-0.2, -0.15) is 5.26 Å². The molecule has 0 bridgehead atoms. The van der Waals surface area contributed by atoms with Gasteiger partial charge in [0.05, 0.1) is 17.2 Å². The molecule has 2 heterocycles. The van der Waals surface area contributed by atoms with E-state index in [1.807, 2.05) is 19.9 Å². The van der Waals surface area contributed by atoms with Gasteiger partial charge in [-0.15, -0.1) is 11.3 Å². The summed E-state index contributed by atoms with van der Waals surface area (Å²) in [5.41, 5.74) is -0.319. The van der Waals surface area contributed by atoms with Crippen LogP contribution < -0.4 is 16.6 Å². The number of thiazole rings is 1. The molecule has 1 N–H and O–H groups in total. The summed E-state index contributed by atoms with van der Waals surface area (Å²) >= 11 is 1.58. The normalized spacial score (nSPS) is 10.4. The molecule has 2 rings (SSSR count). The Kier molecular flexibility index (Phi) is 3.95. The molecule has 0 unspecified atom stereocenters.